The first kappa shape index (κ1) is 10.9. The molecule has 0 saturated carbocycles. The fourth-order valence-electron chi connectivity index (χ4n) is 0.581. The Labute approximate surface area is 72.7 Å². The summed E-state index contributed by atoms with van der Waals surface area (Å²) in [5, 5.41) is 11.1. The van der Waals surface area contributed by atoms with Crippen molar-refractivity contribution >= 4 is 5.91 Å². The van der Waals surface area contributed by atoms with E-state index in [1.54, 1.807) is 13.8 Å². The van der Waals surface area contributed by atoms with E-state index >= 15 is 0 Å². The first-order valence-corrected chi connectivity index (χ1v) is 3.99. The van der Waals surface area contributed by atoms with Crippen LogP contribution in [-0.2, 0) is 4.79 Å². The summed E-state index contributed by atoms with van der Waals surface area (Å²) in [4.78, 5) is 11.1. The SMILES string of the molecule is CC(C#N)CNC(=O)C(C)CN. The van der Waals surface area contributed by atoms with Crippen LogP contribution in [-0.4, -0.2) is 19.0 Å². The van der Waals surface area contributed by atoms with E-state index in [0.29, 0.717) is 13.1 Å². The summed E-state index contributed by atoms with van der Waals surface area (Å²) in [6, 6.07) is 2.03. The third kappa shape index (κ3) is 3.94. The lowest BCUT2D eigenvalue weighted by Gasteiger charge is -2.09. The Hall–Kier alpha value is -1.08. The molecule has 0 aromatic heterocycles. The highest BCUT2D eigenvalue weighted by atomic mass is 16.1. The van der Waals surface area contributed by atoms with Gasteiger partial charge in [-0.2, -0.15) is 5.26 Å². The van der Waals surface area contributed by atoms with Gasteiger partial charge >= 0.3 is 0 Å². The molecule has 1 amide bonds. The van der Waals surface area contributed by atoms with Gasteiger partial charge in [0.05, 0.1) is 12.0 Å². The van der Waals surface area contributed by atoms with E-state index in [9.17, 15) is 4.79 Å². The van der Waals surface area contributed by atoms with Crippen LogP contribution in [0.25, 0.3) is 0 Å². The van der Waals surface area contributed by atoms with Crippen molar-refractivity contribution in [3.8, 4) is 6.07 Å². The molecular formula is C8H15N3O. The van der Waals surface area contributed by atoms with Gasteiger partial charge in [-0.3, -0.25) is 4.79 Å². The van der Waals surface area contributed by atoms with E-state index in [1.807, 2.05) is 6.07 Å². The van der Waals surface area contributed by atoms with Crippen molar-refractivity contribution in [1.82, 2.24) is 5.32 Å². The molecule has 68 valence electrons. The molecule has 0 radical (unpaired) electrons. The molecule has 0 heterocycles. The number of hydrogen-bond acceptors (Lipinski definition) is 3. The maximum Gasteiger partial charge on any atom is 0.224 e. The zero-order valence-corrected chi connectivity index (χ0v) is 7.50. The fraction of sp³-hybridized carbons (Fsp3) is 0.750. The van der Waals surface area contributed by atoms with Gasteiger partial charge in [0.1, 0.15) is 0 Å². The highest BCUT2D eigenvalue weighted by Gasteiger charge is 2.10. The topological polar surface area (TPSA) is 78.9 Å². The second-order valence-corrected chi connectivity index (χ2v) is 2.91. The van der Waals surface area contributed by atoms with Crippen LogP contribution < -0.4 is 11.1 Å². The predicted molar refractivity (Wildman–Crippen MR) is 46.0 cm³/mol. The van der Waals surface area contributed by atoms with Gasteiger partial charge in [-0.15, -0.1) is 0 Å². The number of nitrogens with zero attached hydrogens (tertiary/aromatic N) is 1. The molecule has 0 fully saturated rings. The van der Waals surface area contributed by atoms with E-state index in [-0.39, 0.29) is 17.7 Å². The number of carbonyl (C=O) groups excluding carboxylic acids is 1. The highest BCUT2D eigenvalue weighted by Crippen LogP contribution is 1.93. The summed E-state index contributed by atoms with van der Waals surface area (Å²) in [5.74, 6) is -0.394. The average Bonchev–Trinajstić information content (AvgIpc) is 2.11. The van der Waals surface area contributed by atoms with E-state index < -0.39 is 0 Å². The monoisotopic (exact) mass is 169 g/mol. The molecule has 12 heavy (non-hydrogen) atoms. The minimum atomic E-state index is -0.170. The molecule has 0 aromatic rings. The van der Waals surface area contributed by atoms with Crippen LogP contribution in [0.2, 0.25) is 0 Å². The number of hydrogen-bond donors (Lipinski definition) is 2. The van der Waals surface area contributed by atoms with Crippen molar-refractivity contribution in [3.63, 3.8) is 0 Å². The third-order valence-corrected chi connectivity index (χ3v) is 1.60. The summed E-state index contributed by atoms with van der Waals surface area (Å²) < 4.78 is 0. The van der Waals surface area contributed by atoms with Gasteiger partial charge in [0.2, 0.25) is 5.91 Å². The number of carbonyl (C=O) groups is 1. The molecule has 4 heteroatoms. The first-order valence-electron chi connectivity index (χ1n) is 3.99. The van der Waals surface area contributed by atoms with Crippen molar-refractivity contribution in [2.24, 2.45) is 17.6 Å². The van der Waals surface area contributed by atoms with Gasteiger partial charge in [-0.1, -0.05) is 6.92 Å². The molecular weight excluding hydrogens is 154 g/mol. The van der Waals surface area contributed by atoms with Crippen molar-refractivity contribution in [1.29, 1.82) is 5.26 Å². The van der Waals surface area contributed by atoms with Crippen molar-refractivity contribution in [2.45, 2.75) is 13.8 Å². The van der Waals surface area contributed by atoms with Crippen LogP contribution in [0, 0.1) is 23.2 Å². The van der Waals surface area contributed by atoms with Crippen LogP contribution in [0.4, 0.5) is 0 Å². The maximum absolute atomic E-state index is 11.1. The minimum Gasteiger partial charge on any atom is -0.355 e. The van der Waals surface area contributed by atoms with Gasteiger partial charge in [-0.25, -0.2) is 0 Å². The summed E-state index contributed by atoms with van der Waals surface area (Å²) >= 11 is 0. The molecule has 0 saturated heterocycles. The van der Waals surface area contributed by atoms with Crippen LogP contribution >= 0.6 is 0 Å². The number of rotatable bonds is 4. The number of nitrogens with two attached hydrogens (primary N) is 1. The number of nitriles is 1. The highest BCUT2D eigenvalue weighted by molar-refractivity contribution is 5.78. The summed E-state index contributed by atoms with van der Waals surface area (Å²) in [6.45, 7) is 4.26. The Morgan fingerprint density at radius 3 is 2.67 bits per heavy atom. The van der Waals surface area contributed by atoms with Gasteiger partial charge in [0.25, 0.3) is 0 Å². The van der Waals surface area contributed by atoms with E-state index in [0.717, 1.165) is 0 Å². The Morgan fingerprint density at radius 1 is 1.67 bits per heavy atom. The van der Waals surface area contributed by atoms with Crippen LogP contribution in [0.15, 0.2) is 0 Å². The number of nitrogens with one attached hydrogen (secondary N) is 1. The van der Waals surface area contributed by atoms with E-state index in [1.165, 1.54) is 0 Å². The molecule has 0 aromatic carbocycles. The van der Waals surface area contributed by atoms with Gasteiger partial charge in [0.15, 0.2) is 0 Å². The average molecular weight is 169 g/mol. The standard InChI is InChI=1S/C8H15N3O/c1-6(3-9)5-11-8(12)7(2)4-10/h6-7H,4-5,10H2,1-2H3,(H,11,12). The van der Waals surface area contributed by atoms with E-state index in [2.05, 4.69) is 5.32 Å². The lowest BCUT2D eigenvalue weighted by atomic mass is 10.1. The molecule has 0 rings (SSSR count). The largest absolute Gasteiger partial charge is 0.355 e. The Balaban J connectivity index is 3.65. The van der Waals surface area contributed by atoms with Crippen LogP contribution in [0.5, 0.6) is 0 Å². The zero-order chi connectivity index (χ0) is 9.56. The number of amides is 1. The molecule has 4 nitrogen and oxygen atoms in total. The van der Waals surface area contributed by atoms with Crippen molar-refractivity contribution in [2.75, 3.05) is 13.1 Å². The van der Waals surface area contributed by atoms with Gasteiger partial charge in [-0.05, 0) is 6.92 Å². The Bertz CT molecular complexity index is 185. The fourth-order valence-corrected chi connectivity index (χ4v) is 0.581. The Kier molecular flexibility index (Phi) is 5.06. The molecule has 0 spiro atoms. The smallest absolute Gasteiger partial charge is 0.224 e. The Morgan fingerprint density at radius 2 is 2.25 bits per heavy atom. The predicted octanol–water partition coefficient (Wildman–Crippen LogP) is -0.143. The lowest BCUT2D eigenvalue weighted by molar-refractivity contribution is -0.124. The van der Waals surface area contributed by atoms with Crippen molar-refractivity contribution < 1.29 is 4.79 Å². The summed E-state index contributed by atoms with van der Waals surface area (Å²) in [5.41, 5.74) is 5.29. The van der Waals surface area contributed by atoms with Crippen molar-refractivity contribution in [3.05, 3.63) is 0 Å². The molecule has 0 aliphatic carbocycles. The summed E-state index contributed by atoms with van der Waals surface area (Å²) in [6.07, 6.45) is 0. The molecule has 3 N–H and O–H groups in total. The van der Waals surface area contributed by atoms with Crippen LogP contribution in [0.3, 0.4) is 0 Å². The molecule has 2 atom stereocenters. The minimum absolute atomic E-state index is 0.0837. The maximum atomic E-state index is 11.1. The van der Waals surface area contributed by atoms with E-state index in [4.69, 9.17) is 11.0 Å². The summed E-state index contributed by atoms with van der Waals surface area (Å²) in [7, 11) is 0. The lowest BCUT2D eigenvalue weighted by Crippen LogP contribution is -2.35. The first-order chi connectivity index (χ1) is 5.61. The quantitative estimate of drug-likeness (QED) is 0.614. The van der Waals surface area contributed by atoms with Gasteiger partial charge in [0, 0.05) is 19.0 Å². The van der Waals surface area contributed by atoms with Gasteiger partial charge < -0.3 is 11.1 Å². The molecule has 2 unspecified atom stereocenters. The third-order valence-electron chi connectivity index (χ3n) is 1.60. The molecule has 0 bridgehead atoms. The molecule has 0 aliphatic heterocycles. The van der Waals surface area contributed by atoms with Crippen LogP contribution in [0.1, 0.15) is 13.8 Å². The molecule has 0 aliphatic rings. The normalized spacial score (nSPS) is 14.5. The zero-order valence-electron chi connectivity index (χ0n) is 7.50. The second kappa shape index (κ2) is 5.56. The second-order valence-electron chi connectivity index (χ2n) is 2.91.